The fraction of sp³-hybridized carbons (Fsp3) is 0.242. The molecule has 1 N–H and O–H groups in total. The van der Waals surface area contributed by atoms with Crippen molar-refractivity contribution in [1.29, 1.82) is 0 Å². The van der Waals surface area contributed by atoms with Gasteiger partial charge in [-0.3, -0.25) is 0 Å². The zero-order valence-electron chi connectivity index (χ0n) is 21.3. The Morgan fingerprint density at radius 1 is 1.03 bits per heavy atom. The largest absolute Gasteiger partial charge is 0.438 e. The molecule has 0 saturated carbocycles. The summed E-state index contributed by atoms with van der Waals surface area (Å²) in [6, 6.07) is 22.2. The lowest BCUT2D eigenvalue weighted by Crippen LogP contribution is -2.42. The van der Waals surface area contributed by atoms with Gasteiger partial charge in [-0.25, -0.2) is 4.98 Å². The third-order valence-corrected chi connectivity index (χ3v) is 8.06. The summed E-state index contributed by atoms with van der Waals surface area (Å²) in [6.45, 7) is 2.65. The van der Waals surface area contributed by atoms with Gasteiger partial charge in [-0.2, -0.15) is 0 Å². The molecule has 192 valence electrons. The fourth-order valence-electron chi connectivity index (χ4n) is 5.62. The molecule has 6 rings (SSSR count). The first-order chi connectivity index (χ1) is 18.6. The maximum atomic E-state index is 11.2. The van der Waals surface area contributed by atoms with E-state index in [9.17, 15) is 5.11 Å². The molecule has 5 heteroatoms. The summed E-state index contributed by atoms with van der Waals surface area (Å²) in [5, 5.41) is 11.9. The number of piperidine rings is 1. The summed E-state index contributed by atoms with van der Waals surface area (Å²) in [6.07, 6.45) is 15.0. The number of allylic oxidation sites excluding steroid dienone is 6. The Kier molecular flexibility index (Phi) is 7.03. The van der Waals surface area contributed by atoms with Crippen molar-refractivity contribution in [3.63, 3.8) is 0 Å². The number of halogens is 1. The Morgan fingerprint density at radius 3 is 2.61 bits per heavy atom. The van der Waals surface area contributed by atoms with Crippen LogP contribution < -0.4 is 4.74 Å². The molecular weight excluding hydrogens is 492 g/mol. The molecule has 1 atom stereocenters. The Balaban J connectivity index is 1.20. The topological polar surface area (TPSA) is 45.6 Å². The van der Waals surface area contributed by atoms with E-state index in [1.807, 2.05) is 42.5 Å². The minimum absolute atomic E-state index is 0.126. The van der Waals surface area contributed by atoms with E-state index in [0.29, 0.717) is 10.9 Å². The monoisotopic (exact) mass is 522 g/mol. The van der Waals surface area contributed by atoms with Crippen molar-refractivity contribution in [2.75, 3.05) is 19.6 Å². The molecule has 3 aliphatic rings. The van der Waals surface area contributed by atoms with E-state index in [2.05, 4.69) is 64.5 Å². The van der Waals surface area contributed by atoms with Crippen molar-refractivity contribution in [2.45, 2.75) is 30.8 Å². The van der Waals surface area contributed by atoms with Crippen molar-refractivity contribution >= 4 is 17.2 Å². The van der Waals surface area contributed by atoms with Crippen LogP contribution in [0.3, 0.4) is 0 Å². The van der Waals surface area contributed by atoms with Crippen LogP contribution in [-0.2, 0) is 5.60 Å². The number of aliphatic hydroxyl groups is 1. The molecule has 3 heterocycles. The van der Waals surface area contributed by atoms with Crippen molar-refractivity contribution in [3.8, 4) is 5.88 Å². The van der Waals surface area contributed by atoms with Crippen LogP contribution in [0, 0.1) is 0 Å². The summed E-state index contributed by atoms with van der Waals surface area (Å²) >= 11 is 6.04. The van der Waals surface area contributed by atoms with Crippen molar-refractivity contribution in [3.05, 3.63) is 136 Å². The van der Waals surface area contributed by atoms with Gasteiger partial charge in [-0.15, -0.1) is 0 Å². The van der Waals surface area contributed by atoms with E-state index in [0.717, 1.165) is 66.9 Å². The maximum absolute atomic E-state index is 11.2. The van der Waals surface area contributed by atoms with Gasteiger partial charge in [0.1, 0.15) is 5.76 Å². The number of likely N-dealkylation sites (tertiary alicyclic amines) is 1. The number of benzene rings is 2. The lowest BCUT2D eigenvalue weighted by molar-refractivity contribution is -0.0254. The summed E-state index contributed by atoms with van der Waals surface area (Å²) in [7, 11) is 0. The number of ether oxygens (including phenoxy) is 1. The van der Waals surface area contributed by atoms with Gasteiger partial charge in [0.25, 0.3) is 0 Å². The molecule has 0 amide bonds. The van der Waals surface area contributed by atoms with Gasteiger partial charge in [-0.1, -0.05) is 72.3 Å². The second-order valence-electron chi connectivity index (χ2n) is 10.2. The Labute approximate surface area is 229 Å². The highest BCUT2D eigenvalue weighted by atomic mass is 35.5. The van der Waals surface area contributed by atoms with Gasteiger partial charge >= 0.3 is 0 Å². The summed E-state index contributed by atoms with van der Waals surface area (Å²) in [4.78, 5) is 7.00. The van der Waals surface area contributed by atoms with Crippen LogP contribution in [0.4, 0.5) is 0 Å². The Bertz CT molecular complexity index is 1410. The average Bonchev–Trinajstić information content (AvgIpc) is 3.11. The van der Waals surface area contributed by atoms with Crippen LogP contribution >= 0.6 is 11.6 Å². The van der Waals surface area contributed by atoms with Gasteiger partial charge in [-0.05, 0) is 72.4 Å². The summed E-state index contributed by atoms with van der Waals surface area (Å²) in [5.41, 5.74) is 4.71. The molecular formula is C33H31ClN2O2. The fourth-order valence-corrected chi connectivity index (χ4v) is 5.75. The third kappa shape index (κ3) is 5.12. The normalized spacial score (nSPS) is 21.5. The van der Waals surface area contributed by atoms with E-state index in [4.69, 9.17) is 16.3 Å². The van der Waals surface area contributed by atoms with Crippen molar-refractivity contribution in [1.82, 2.24) is 9.88 Å². The molecule has 38 heavy (non-hydrogen) atoms. The standard InChI is InChI=1S/C33H31ClN2O2/c34-27-15-13-26(14-16-27)33(37)17-21-36(22-18-33)20-6-9-25-23-30-28(24-7-2-1-3-8-24)10-4-12-31(30)38-32-29(25)11-5-19-35-32/h1-5,7-16,19,23,28,37H,6,17-18,20-22H2. The second-order valence-corrected chi connectivity index (χ2v) is 10.6. The summed E-state index contributed by atoms with van der Waals surface area (Å²) < 4.78 is 6.35. The molecule has 2 aromatic carbocycles. The highest BCUT2D eigenvalue weighted by Crippen LogP contribution is 2.41. The van der Waals surface area contributed by atoms with Gasteiger partial charge in [0.2, 0.25) is 5.88 Å². The van der Waals surface area contributed by atoms with E-state index < -0.39 is 5.60 Å². The van der Waals surface area contributed by atoms with E-state index >= 15 is 0 Å². The van der Waals surface area contributed by atoms with Crippen molar-refractivity contribution < 1.29 is 9.84 Å². The minimum Gasteiger partial charge on any atom is -0.438 e. The smallest absolute Gasteiger partial charge is 0.227 e. The van der Waals surface area contributed by atoms with Crippen LogP contribution in [0.2, 0.25) is 5.02 Å². The molecule has 1 aromatic heterocycles. The van der Waals surface area contributed by atoms with Crippen LogP contribution in [0.1, 0.15) is 41.9 Å². The first kappa shape index (κ1) is 24.9. The highest BCUT2D eigenvalue weighted by molar-refractivity contribution is 6.30. The first-order valence-electron chi connectivity index (χ1n) is 13.3. The molecule has 1 unspecified atom stereocenters. The predicted octanol–water partition coefficient (Wildman–Crippen LogP) is 7.05. The summed E-state index contributed by atoms with van der Waals surface area (Å²) in [5.74, 6) is 1.62. The van der Waals surface area contributed by atoms with E-state index in [1.54, 1.807) is 6.20 Å². The number of aromatic nitrogens is 1. The SMILES string of the molecule is OC1(c2ccc(Cl)cc2)CCN(CCC=C2C=C3C(=CC=CC3c3ccccc3)Oc3ncccc32)CC1. The molecule has 0 bridgehead atoms. The zero-order chi connectivity index (χ0) is 26.0. The third-order valence-electron chi connectivity index (χ3n) is 7.80. The highest BCUT2D eigenvalue weighted by Gasteiger charge is 2.33. The van der Waals surface area contributed by atoms with Gasteiger partial charge in [0.05, 0.1) is 5.60 Å². The van der Waals surface area contributed by atoms with Gasteiger partial charge in [0, 0.05) is 47.9 Å². The molecule has 1 aliphatic carbocycles. The average molecular weight is 523 g/mol. The van der Waals surface area contributed by atoms with Gasteiger partial charge < -0.3 is 14.7 Å². The first-order valence-corrected chi connectivity index (χ1v) is 13.7. The van der Waals surface area contributed by atoms with E-state index in [-0.39, 0.29) is 5.92 Å². The lowest BCUT2D eigenvalue weighted by atomic mass is 9.84. The van der Waals surface area contributed by atoms with E-state index in [1.165, 1.54) is 5.56 Å². The number of hydrogen-bond acceptors (Lipinski definition) is 4. The number of pyridine rings is 1. The molecule has 0 radical (unpaired) electrons. The second kappa shape index (κ2) is 10.7. The molecule has 1 saturated heterocycles. The number of rotatable bonds is 5. The van der Waals surface area contributed by atoms with Crippen LogP contribution in [0.15, 0.2) is 115 Å². The van der Waals surface area contributed by atoms with Crippen LogP contribution in [0.5, 0.6) is 5.88 Å². The van der Waals surface area contributed by atoms with Crippen LogP contribution in [0.25, 0.3) is 5.57 Å². The van der Waals surface area contributed by atoms with Crippen LogP contribution in [-0.4, -0.2) is 34.6 Å². The quantitative estimate of drug-likeness (QED) is 0.390. The molecule has 3 aromatic rings. The zero-order valence-corrected chi connectivity index (χ0v) is 22.0. The number of nitrogens with zero attached hydrogens (tertiary/aromatic N) is 2. The number of hydrogen-bond donors (Lipinski definition) is 1. The maximum Gasteiger partial charge on any atom is 0.227 e. The molecule has 4 nitrogen and oxygen atoms in total. The minimum atomic E-state index is -0.781. The Hall–Kier alpha value is -3.44. The molecule has 1 fully saturated rings. The lowest BCUT2D eigenvalue weighted by Gasteiger charge is -2.38. The van der Waals surface area contributed by atoms with Gasteiger partial charge in [0.15, 0.2) is 0 Å². The van der Waals surface area contributed by atoms with Crippen molar-refractivity contribution in [2.24, 2.45) is 0 Å². The molecule has 2 aliphatic heterocycles. The predicted molar refractivity (Wildman–Crippen MR) is 153 cm³/mol. The Morgan fingerprint density at radius 2 is 1.82 bits per heavy atom. The molecule has 0 spiro atoms. The number of fused-ring (bicyclic) bond motifs is 2.